The van der Waals surface area contributed by atoms with Crippen LogP contribution in [0.25, 0.3) is 99.0 Å². The molecule has 0 aliphatic carbocycles. The van der Waals surface area contributed by atoms with Crippen LogP contribution in [-0.4, -0.2) is 13.7 Å². The molecule has 0 atom stereocenters. The second-order valence-corrected chi connectivity index (χ2v) is 13.9. The normalized spacial score (nSPS) is 11.9. The molecule has 0 aliphatic rings. The Morgan fingerprint density at radius 2 is 0.750 bits per heavy atom. The third-order valence-corrected chi connectivity index (χ3v) is 11.0. The minimum atomic E-state index is 1.14. The van der Waals surface area contributed by atoms with Crippen molar-refractivity contribution in [3.05, 3.63) is 182 Å². The summed E-state index contributed by atoms with van der Waals surface area (Å²) in [6.45, 7) is 0. The van der Waals surface area contributed by atoms with Crippen LogP contribution >= 0.6 is 0 Å². The van der Waals surface area contributed by atoms with E-state index in [2.05, 4.69) is 203 Å². The number of nitrogens with zero attached hydrogens (tertiary/aromatic N) is 3. The zero-order valence-corrected chi connectivity index (χ0v) is 28.7. The van der Waals surface area contributed by atoms with Crippen LogP contribution in [0, 0.1) is 0 Å². The number of rotatable bonds is 4. The molecule has 0 saturated carbocycles. The summed E-state index contributed by atoms with van der Waals surface area (Å²) >= 11 is 0. The lowest BCUT2D eigenvalue weighted by Gasteiger charge is -2.13. The fraction of sp³-hybridized carbons (Fsp3) is 0.0204. The molecule has 0 fully saturated rings. The van der Waals surface area contributed by atoms with E-state index in [1.165, 1.54) is 87.7 Å². The van der Waals surface area contributed by atoms with Crippen LogP contribution in [0.15, 0.2) is 182 Å². The molecule has 0 bridgehead atoms. The van der Waals surface area contributed by atoms with Crippen molar-refractivity contribution in [2.45, 2.75) is 0 Å². The number of fused-ring (bicyclic) bond motifs is 9. The van der Waals surface area contributed by atoms with E-state index in [4.69, 9.17) is 0 Å². The lowest BCUT2D eigenvalue weighted by molar-refractivity contribution is 1.01. The maximum atomic E-state index is 2.45. The van der Waals surface area contributed by atoms with Gasteiger partial charge in [-0.3, -0.25) is 0 Å². The molecule has 8 aromatic carbocycles. The Morgan fingerprint density at radius 1 is 0.269 bits per heavy atom. The highest BCUT2D eigenvalue weighted by atomic mass is 15.0. The SMILES string of the molecule is Cn1c2ccccc2c2cc3c4ccccc4n(-c4ccc5c6ccccc6n(-c6cccc(-c7cccc(-c8ccccc8)c7)c6)c5c4)c3cc21. The molecule has 0 saturated heterocycles. The first-order chi connectivity index (χ1) is 25.7. The van der Waals surface area contributed by atoms with Gasteiger partial charge in [0.15, 0.2) is 0 Å². The minimum Gasteiger partial charge on any atom is -0.344 e. The average molecular weight is 664 g/mol. The maximum absolute atomic E-state index is 2.45. The Bertz CT molecular complexity index is 3190. The molecule has 0 unspecified atom stereocenters. The lowest BCUT2D eigenvalue weighted by Crippen LogP contribution is -1.97. The Kier molecular flexibility index (Phi) is 6.17. The molecule has 3 nitrogen and oxygen atoms in total. The quantitative estimate of drug-likeness (QED) is 0.178. The summed E-state index contributed by atoms with van der Waals surface area (Å²) in [6.07, 6.45) is 0. The second kappa shape index (κ2) is 11.1. The van der Waals surface area contributed by atoms with Gasteiger partial charge in [-0.1, -0.05) is 121 Å². The molecule has 0 radical (unpaired) electrons. The summed E-state index contributed by atoms with van der Waals surface area (Å²) in [7, 11) is 2.18. The summed E-state index contributed by atoms with van der Waals surface area (Å²) < 4.78 is 7.22. The lowest BCUT2D eigenvalue weighted by atomic mass is 9.99. The van der Waals surface area contributed by atoms with Crippen LogP contribution in [0.2, 0.25) is 0 Å². The fourth-order valence-electron chi connectivity index (χ4n) is 8.61. The van der Waals surface area contributed by atoms with Gasteiger partial charge in [-0.05, 0) is 82.9 Å². The molecular formula is C49H33N3. The zero-order valence-electron chi connectivity index (χ0n) is 28.7. The van der Waals surface area contributed by atoms with Crippen LogP contribution < -0.4 is 0 Å². The highest BCUT2D eigenvalue weighted by Gasteiger charge is 2.19. The summed E-state index contributed by atoms with van der Waals surface area (Å²) in [5, 5.41) is 7.61. The van der Waals surface area contributed by atoms with E-state index >= 15 is 0 Å². The number of aromatic nitrogens is 3. The molecule has 3 aromatic heterocycles. The van der Waals surface area contributed by atoms with Gasteiger partial charge in [0.2, 0.25) is 0 Å². The molecule has 0 spiro atoms. The molecule has 0 N–H and O–H groups in total. The standard InChI is InChI=1S/C49H33N3/c1-50-44-22-8-5-20-39(44)42-30-43-40-21-7-10-24-46(40)52(49(43)31-47(42)50)37-25-26-41-38-19-6-9-23-45(38)51(48(41)29-37)36-18-12-17-35(28-36)34-16-11-15-33(27-34)32-13-3-2-4-14-32/h2-31H,1H3. The Hall–Kier alpha value is -6.84. The molecular weight excluding hydrogens is 631 g/mol. The molecule has 11 aromatic rings. The van der Waals surface area contributed by atoms with Gasteiger partial charge in [0.05, 0.1) is 27.6 Å². The fourth-order valence-corrected chi connectivity index (χ4v) is 8.61. The van der Waals surface area contributed by atoms with Gasteiger partial charge in [0.25, 0.3) is 0 Å². The van der Waals surface area contributed by atoms with E-state index in [1.54, 1.807) is 0 Å². The highest BCUT2D eigenvalue weighted by molar-refractivity contribution is 6.19. The zero-order chi connectivity index (χ0) is 34.3. The first kappa shape index (κ1) is 28.9. The second-order valence-electron chi connectivity index (χ2n) is 13.9. The molecule has 0 amide bonds. The van der Waals surface area contributed by atoms with Crippen LogP contribution in [0.4, 0.5) is 0 Å². The van der Waals surface area contributed by atoms with E-state index in [0.29, 0.717) is 0 Å². The largest absolute Gasteiger partial charge is 0.344 e. The molecule has 11 rings (SSSR count). The van der Waals surface area contributed by atoms with Crippen molar-refractivity contribution in [3.63, 3.8) is 0 Å². The Morgan fingerprint density at radius 3 is 1.48 bits per heavy atom. The number of para-hydroxylation sites is 3. The summed E-state index contributed by atoms with van der Waals surface area (Å²) in [5.74, 6) is 0. The van der Waals surface area contributed by atoms with E-state index < -0.39 is 0 Å². The Balaban J connectivity index is 1.14. The monoisotopic (exact) mass is 663 g/mol. The van der Waals surface area contributed by atoms with Crippen molar-refractivity contribution in [3.8, 4) is 33.6 Å². The van der Waals surface area contributed by atoms with Crippen LogP contribution in [0.5, 0.6) is 0 Å². The predicted molar refractivity (Wildman–Crippen MR) is 220 cm³/mol. The van der Waals surface area contributed by atoms with Crippen molar-refractivity contribution in [1.29, 1.82) is 0 Å². The van der Waals surface area contributed by atoms with Gasteiger partial charge in [-0.15, -0.1) is 0 Å². The first-order valence-corrected chi connectivity index (χ1v) is 17.9. The van der Waals surface area contributed by atoms with Gasteiger partial charge < -0.3 is 13.7 Å². The van der Waals surface area contributed by atoms with E-state index in [-0.39, 0.29) is 0 Å². The molecule has 3 heterocycles. The molecule has 3 heteroatoms. The summed E-state index contributed by atoms with van der Waals surface area (Å²) in [4.78, 5) is 0. The van der Waals surface area contributed by atoms with Crippen LogP contribution in [0.1, 0.15) is 0 Å². The third-order valence-electron chi connectivity index (χ3n) is 11.0. The van der Waals surface area contributed by atoms with Gasteiger partial charge in [0, 0.05) is 56.3 Å². The Labute approximate surface area is 300 Å². The van der Waals surface area contributed by atoms with Crippen molar-refractivity contribution in [2.24, 2.45) is 7.05 Å². The predicted octanol–water partition coefficient (Wildman–Crippen LogP) is 12.9. The smallest absolute Gasteiger partial charge is 0.0562 e. The highest BCUT2D eigenvalue weighted by Crippen LogP contribution is 2.40. The third kappa shape index (κ3) is 4.20. The maximum Gasteiger partial charge on any atom is 0.0562 e. The topological polar surface area (TPSA) is 14.8 Å². The minimum absolute atomic E-state index is 1.14. The van der Waals surface area contributed by atoms with Crippen molar-refractivity contribution >= 4 is 65.4 Å². The number of hydrogen-bond donors (Lipinski definition) is 0. The van der Waals surface area contributed by atoms with Crippen molar-refractivity contribution in [2.75, 3.05) is 0 Å². The van der Waals surface area contributed by atoms with E-state index in [9.17, 15) is 0 Å². The van der Waals surface area contributed by atoms with Gasteiger partial charge in [0.1, 0.15) is 0 Å². The van der Waals surface area contributed by atoms with E-state index in [0.717, 1.165) is 11.4 Å². The van der Waals surface area contributed by atoms with Crippen molar-refractivity contribution in [1.82, 2.24) is 13.7 Å². The number of benzene rings is 8. The average Bonchev–Trinajstić information content (AvgIpc) is 3.82. The van der Waals surface area contributed by atoms with Gasteiger partial charge >= 0.3 is 0 Å². The van der Waals surface area contributed by atoms with Gasteiger partial charge in [-0.2, -0.15) is 0 Å². The molecule has 244 valence electrons. The molecule has 52 heavy (non-hydrogen) atoms. The first-order valence-electron chi connectivity index (χ1n) is 17.9. The summed E-state index contributed by atoms with van der Waals surface area (Å²) in [5.41, 5.74) is 14.4. The summed E-state index contributed by atoms with van der Waals surface area (Å²) in [6, 6.07) is 66.6. The van der Waals surface area contributed by atoms with Gasteiger partial charge in [-0.25, -0.2) is 0 Å². The van der Waals surface area contributed by atoms with Crippen molar-refractivity contribution < 1.29 is 0 Å². The number of hydrogen-bond acceptors (Lipinski definition) is 0. The van der Waals surface area contributed by atoms with Crippen LogP contribution in [0.3, 0.4) is 0 Å². The molecule has 0 aliphatic heterocycles. The van der Waals surface area contributed by atoms with Crippen LogP contribution in [-0.2, 0) is 7.05 Å². The number of aryl methyl sites for hydroxylation is 1. The van der Waals surface area contributed by atoms with E-state index in [1.807, 2.05) is 0 Å².